The summed E-state index contributed by atoms with van der Waals surface area (Å²) in [4.78, 5) is 4.27. The first-order chi connectivity index (χ1) is 8.36. The molecule has 0 bridgehead atoms. The van der Waals surface area contributed by atoms with Crippen LogP contribution in [0.3, 0.4) is 0 Å². The summed E-state index contributed by atoms with van der Waals surface area (Å²) in [5, 5.41) is 3.33. The lowest BCUT2D eigenvalue weighted by Gasteiger charge is -2.07. The van der Waals surface area contributed by atoms with Crippen LogP contribution < -0.4 is 5.32 Å². The highest BCUT2D eigenvalue weighted by Gasteiger charge is 1.97. The van der Waals surface area contributed by atoms with E-state index in [9.17, 15) is 0 Å². The Morgan fingerprint density at radius 1 is 1.35 bits per heavy atom. The van der Waals surface area contributed by atoms with Crippen molar-refractivity contribution in [1.82, 2.24) is 4.98 Å². The van der Waals surface area contributed by atoms with Crippen LogP contribution in [0, 0.1) is 0 Å². The van der Waals surface area contributed by atoms with Gasteiger partial charge in [0.05, 0.1) is 12.3 Å². The lowest BCUT2D eigenvalue weighted by Crippen LogP contribution is -2.03. The minimum absolute atomic E-state index is 0.561. The van der Waals surface area contributed by atoms with Crippen molar-refractivity contribution in [2.75, 3.05) is 32.2 Å². The van der Waals surface area contributed by atoms with Gasteiger partial charge in [-0.1, -0.05) is 6.92 Å². The molecule has 0 fully saturated rings. The number of rotatable bonds is 9. The average Bonchev–Trinajstić information content (AvgIpc) is 2.37. The number of methoxy groups -OCH3 is 1. The molecule has 1 N–H and O–H groups in total. The van der Waals surface area contributed by atoms with Crippen molar-refractivity contribution in [3.63, 3.8) is 0 Å². The molecule has 0 atom stereocenters. The largest absolute Gasteiger partial charge is 0.385 e. The Balaban J connectivity index is 2.27. The van der Waals surface area contributed by atoms with Crippen molar-refractivity contribution >= 4 is 5.69 Å². The molecule has 0 unspecified atom stereocenters. The van der Waals surface area contributed by atoms with Gasteiger partial charge >= 0.3 is 0 Å². The standard InChI is InChI=1S/C13H22N2O2/c1-3-6-14-12-5-7-15-13(10-12)11-17-9-4-8-16-2/h5,7,10H,3-4,6,8-9,11H2,1-2H3,(H,14,15). The van der Waals surface area contributed by atoms with Gasteiger partial charge in [-0.15, -0.1) is 0 Å². The molecule has 0 saturated carbocycles. The van der Waals surface area contributed by atoms with E-state index >= 15 is 0 Å². The van der Waals surface area contributed by atoms with E-state index < -0.39 is 0 Å². The molecule has 0 spiro atoms. The van der Waals surface area contributed by atoms with Crippen LogP contribution in [0.5, 0.6) is 0 Å². The Kier molecular flexibility index (Phi) is 7.34. The number of aromatic nitrogens is 1. The first-order valence-corrected chi connectivity index (χ1v) is 6.12. The van der Waals surface area contributed by atoms with E-state index in [1.54, 1.807) is 7.11 Å². The van der Waals surface area contributed by atoms with Gasteiger partial charge in [-0.3, -0.25) is 4.98 Å². The number of hydrogen-bond acceptors (Lipinski definition) is 4. The summed E-state index contributed by atoms with van der Waals surface area (Å²) in [6.45, 7) is 5.14. The molecule has 0 aliphatic heterocycles. The third-order valence-electron chi connectivity index (χ3n) is 2.28. The van der Waals surface area contributed by atoms with E-state index in [-0.39, 0.29) is 0 Å². The minimum Gasteiger partial charge on any atom is -0.385 e. The predicted octanol–water partition coefficient (Wildman–Crippen LogP) is 2.46. The van der Waals surface area contributed by atoms with Gasteiger partial charge in [0, 0.05) is 38.8 Å². The number of anilines is 1. The number of nitrogens with zero attached hydrogens (tertiary/aromatic N) is 1. The Morgan fingerprint density at radius 2 is 2.24 bits per heavy atom. The van der Waals surface area contributed by atoms with Crippen LogP contribution in [0.2, 0.25) is 0 Å². The number of nitrogens with one attached hydrogen (secondary N) is 1. The third kappa shape index (κ3) is 6.24. The maximum atomic E-state index is 5.51. The first-order valence-electron chi connectivity index (χ1n) is 6.12. The average molecular weight is 238 g/mol. The summed E-state index contributed by atoms with van der Waals surface area (Å²) >= 11 is 0. The van der Waals surface area contributed by atoms with Crippen molar-refractivity contribution in [2.45, 2.75) is 26.4 Å². The molecule has 96 valence electrons. The highest BCUT2D eigenvalue weighted by atomic mass is 16.5. The monoisotopic (exact) mass is 238 g/mol. The minimum atomic E-state index is 0.561. The lowest BCUT2D eigenvalue weighted by atomic mass is 10.3. The van der Waals surface area contributed by atoms with Crippen molar-refractivity contribution in [3.05, 3.63) is 24.0 Å². The van der Waals surface area contributed by atoms with Crippen LogP contribution in [-0.2, 0) is 16.1 Å². The van der Waals surface area contributed by atoms with Crippen molar-refractivity contribution in [3.8, 4) is 0 Å². The molecule has 1 aromatic heterocycles. The Bertz CT molecular complexity index is 305. The van der Waals surface area contributed by atoms with Gasteiger partial charge in [-0.25, -0.2) is 0 Å². The second kappa shape index (κ2) is 8.96. The Morgan fingerprint density at radius 3 is 3.00 bits per heavy atom. The second-order valence-electron chi connectivity index (χ2n) is 3.86. The summed E-state index contributed by atoms with van der Waals surface area (Å²) in [6, 6.07) is 4.01. The van der Waals surface area contributed by atoms with Crippen molar-refractivity contribution in [2.24, 2.45) is 0 Å². The quantitative estimate of drug-likeness (QED) is 0.671. The van der Waals surface area contributed by atoms with E-state index in [1.165, 1.54) is 0 Å². The molecule has 4 heteroatoms. The summed E-state index contributed by atoms with van der Waals surface area (Å²) in [6.07, 6.45) is 3.85. The highest BCUT2D eigenvalue weighted by molar-refractivity contribution is 5.42. The molecule has 0 aliphatic rings. The van der Waals surface area contributed by atoms with Gasteiger partial charge in [0.25, 0.3) is 0 Å². The first kappa shape index (κ1) is 13.9. The van der Waals surface area contributed by atoms with Gasteiger partial charge in [-0.2, -0.15) is 0 Å². The molecule has 0 radical (unpaired) electrons. The normalized spacial score (nSPS) is 10.5. The summed E-state index contributed by atoms with van der Waals surface area (Å²) < 4.78 is 10.5. The number of pyridine rings is 1. The van der Waals surface area contributed by atoms with Crippen LogP contribution in [0.25, 0.3) is 0 Å². The van der Waals surface area contributed by atoms with Crippen molar-refractivity contribution in [1.29, 1.82) is 0 Å². The Labute approximate surface area is 103 Å². The fraction of sp³-hybridized carbons (Fsp3) is 0.615. The number of ether oxygens (including phenoxy) is 2. The van der Waals surface area contributed by atoms with E-state index in [1.807, 2.05) is 18.3 Å². The topological polar surface area (TPSA) is 43.4 Å². The number of hydrogen-bond donors (Lipinski definition) is 1. The van der Waals surface area contributed by atoms with Gasteiger partial charge in [0.2, 0.25) is 0 Å². The van der Waals surface area contributed by atoms with Crippen molar-refractivity contribution < 1.29 is 9.47 Å². The van der Waals surface area contributed by atoms with Crippen LogP contribution in [0.4, 0.5) is 5.69 Å². The molecule has 1 aromatic rings. The van der Waals surface area contributed by atoms with E-state index in [0.29, 0.717) is 13.2 Å². The maximum absolute atomic E-state index is 5.51. The molecule has 4 nitrogen and oxygen atoms in total. The van der Waals surface area contributed by atoms with Gasteiger partial charge in [0.1, 0.15) is 0 Å². The zero-order chi connectivity index (χ0) is 12.3. The van der Waals surface area contributed by atoms with E-state index in [2.05, 4.69) is 17.2 Å². The summed E-state index contributed by atoms with van der Waals surface area (Å²) in [7, 11) is 1.70. The molecule has 0 aliphatic carbocycles. The second-order valence-corrected chi connectivity index (χ2v) is 3.86. The fourth-order valence-corrected chi connectivity index (χ4v) is 1.42. The highest BCUT2D eigenvalue weighted by Crippen LogP contribution is 2.08. The summed E-state index contributed by atoms with van der Waals surface area (Å²) in [5.41, 5.74) is 2.07. The molecular weight excluding hydrogens is 216 g/mol. The lowest BCUT2D eigenvalue weighted by molar-refractivity contribution is 0.0911. The predicted molar refractivity (Wildman–Crippen MR) is 69.2 cm³/mol. The Hall–Kier alpha value is -1.13. The maximum Gasteiger partial charge on any atom is 0.0888 e. The zero-order valence-corrected chi connectivity index (χ0v) is 10.7. The molecule has 0 saturated heterocycles. The fourth-order valence-electron chi connectivity index (χ4n) is 1.42. The summed E-state index contributed by atoms with van der Waals surface area (Å²) in [5.74, 6) is 0. The molecule has 0 amide bonds. The van der Waals surface area contributed by atoms with Crippen LogP contribution >= 0.6 is 0 Å². The molecule has 0 aromatic carbocycles. The van der Waals surface area contributed by atoms with E-state index in [4.69, 9.17) is 9.47 Å². The SMILES string of the molecule is CCCNc1ccnc(COCCCOC)c1. The molecule has 17 heavy (non-hydrogen) atoms. The van der Waals surface area contributed by atoms with Gasteiger partial charge in [0.15, 0.2) is 0 Å². The van der Waals surface area contributed by atoms with Crippen LogP contribution in [-0.4, -0.2) is 31.9 Å². The molecule has 1 heterocycles. The third-order valence-corrected chi connectivity index (χ3v) is 2.28. The zero-order valence-electron chi connectivity index (χ0n) is 10.7. The van der Waals surface area contributed by atoms with E-state index in [0.717, 1.165) is 37.4 Å². The smallest absolute Gasteiger partial charge is 0.0888 e. The van der Waals surface area contributed by atoms with Gasteiger partial charge in [-0.05, 0) is 25.0 Å². The van der Waals surface area contributed by atoms with Crippen LogP contribution in [0.1, 0.15) is 25.5 Å². The van der Waals surface area contributed by atoms with Crippen LogP contribution in [0.15, 0.2) is 18.3 Å². The molecule has 1 rings (SSSR count). The molecular formula is C13H22N2O2. The van der Waals surface area contributed by atoms with Gasteiger partial charge < -0.3 is 14.8 Å².